The second kappa shape index (κ2) is 6.52. The van der Waals surface area contributed by atoms with Gasteiger partial charge in [-0.2, -0.15) is 0 Å². The molecule has 0 aliphatic heterocycles. The third-order valence-electron chi connectivity index (χ3n) is 5.42. The first-order chi connectivity index (χ1) is 12.5. The van der Waals surface area contributed by atoms with Crippen molar-refractivity contribution in [1.82, 2.24) is 4.98 Å². The van der Waals surface area contributed by atoms with Crippen LogP contribution in [0.3, 0.4) is 0 Å². The van der Waals surface area contributed by atoms with Crippen LogP contribution in [-0.2, 0) is 17.6 Å². The van der Waals surface area contributed by atoms with E-state index in [2.05, 4.69) is 34.6 Å². The number of amides is 1. The van der Waals surface area contributed by atoms with E-state index in [1.165, 1.54) is 16.6 Å². The van der Waals surface area contributed by atoms with Gasteiger partial charge in [0.2, 0.25) is 5.91 Å². The standard InChI is InChI=1S/C22H24N2O2/c1-13-4-5-14(2)21(10-13)24-22(25)15-6-8-19-17(11-15)18-12-16(26-3)7-9-20(18)23-19/h4-5,7,9-10,12,15,23H,6,8,11H2,1-3H3,(H,24,25). The third-order valence-corrected chi connectivity index (χ3v) is 5.42. The minimum absolute atomic E-state index is 0.00684. The van der Waals surface area contributed by atoms with E-state index in [0.717, 1.165) is 47.3 Å². The van der Waals surface area contributed by atoms with Gasteiger partial charge in [0.15, 0.2) is 0 Å². The molecule has 0 spiro atoms. The van der Waals surface area contributed by atoms with Gasteiger partial charge < -0.3 is 15.0 Å². The predicted molar refractivity (Wildman–Crippen MR) is 105 cm³/mol. The van der Waals surface area contributed by atoms with Gasteiger partial charge in [0.1, 0.15) is 5.75 Å². The number of H-pyrrole nitrogens is 1. The number of hydrogen-bond acceptors (Lipinski definition) is 2. The second-order valence-corrected chi connectivity index (χ2v) is 7.24. The number of aromatic amines is 1. The molecule has 4 nitrogen and oxygen atoms in total. The Hall–Kier alpha value is -2.75. The number of ether oxygens (including phenoxy) is 1. The summed E-state index contributed by atoms with van der Waals surface area (Å²) in [5, 5.41) is 4.31. The summed E-state index contributed by atoms with van der Waals surface area (Å²) in [4.78, 5) is 16.4. The van der Waals surface area contributed by atoms with Crippen LogP contribution >= 0.6 is 0 Å². The number of carbonyl (C=O) groups is 1. The van der Waals surface area contributed by atoms with Gasteiger partial charge in [0.25, 0.3) is 0 Å². The lowest BCUT2D eigenvalue weighted by Gasteiger charge is -2.22. The van der Waals surface area contributed by atoms with Gasteiger partial charge >= 0.3 is 0 Å². The molecule has 1 amide bonds. The number of aromatic nitrogens is 1. The van der Waals surface area contributed by atoms with E-state index in [4.69, 9.17) is 4.74 Å². The molecular weight excluding hydrogens is 324 g/mol. The number of rotatable bonds is 3. The Morgan fingerprint density at radius 3 is 2.85 bits per heavy atom. The fourth-order valence-corrected chi connectivity index (χ4v) is 3.85. The molecule has 26 heavy (non-hydrogen) atoms. The van der Waals surface area contributed by atoms with Crippen molar-refractivity contribution in [2.24, 2.45) is 5.92 Å². The maximum Gasteiger partial charge on any atom is 0.227 e. The number of benzene rings is 2. The van der Waals surface area contributed by atoms with Crippen molar-refractivity contribution in [1.29, 1.82) is 0 Å². The monoisotopic (exact) mass is 348 g/mol. The fourth-order valence-electron chi connectivity index (χ4n) is 3.85. The van der Waals surface area contributed by atoms with Crippen molar-refractivity contribution in [3.05, 3.63) is 58.8 Å². The molecule has 0 fully saturated rings. The van der Waals surface area contributed by atoms with E-state index in [-0.39, 0.29) is 11.8 Å². The second-order valence-electron chi connectivity index (χ2n) is 7.24. The normalized spacial score (nSPS) is 16.3. The van der Waals surface area contributed by atoms with Crippen molar-refractivity contribution >= 4 is 22.5 Å². The van der Waals surface area contributed by atoms with Crippen LogP contribution < -0.4 is 10.1 Å². The number of anilines is 1. The molecule has 4 heteroatoms. The highest BCUT2D eigenvalue weighted by atomic mass is 16.5. The highest BCUT2D eigenvalue weighted by molar-refractivity contribution is 5.95. The first-order valence-electron chi connectivity index (χ1n) is 9.10. The zero-order chi connectivity index (χ0) is 18.3. The highest BCUT2D eigenvalue weighted by Crippen LogP contribution is 2.34. The molecule has 2 aromatic carbocycles. The quantitative estimate of drug-likeness (QED) is 0.730. The molecule has 3 aromatic rings. The molecule has 1 unspecified atom stereocenters. The number of hydrogen-bond donors (Lipinski definition) is 2. The van der Waals surface area contributed by atoms with Gasteiger partial charge in [0, 0.05) is 28.2 Å². The van der Waals surface area contributed by atoms with Crippen molar-refractivity contribution in [2.75, 3.05) is 12.4 Å². The van der Waals surface area contributed by atoms with E-state index >= 15 is 0 Å². The molecule has 0 saturated heterocycles. The number of fused-ring (bicyclic) bond motifs is 3. The van der Waals surface area contributed by atoms with Gasteiger partial charge in [-0.05, 0) is 74.1 Å². The lowest BCUT2D eigenvalue weighted by Crippen LogP contribution is -2.28. The van der Waals surface area contributed by atoms with Crippen LogP contribution in [0.1, 0.15) is 28.8 Å². The average molecular weight is 348 g/mol. The van der Waals surface area contributed by atoms with Crippen LogP contribution in [0, 0.1) is 19.8 Å². The van der Waals surface area contributed by atoms with Crippen molar-refractivity contribution in [3.63, 3.8) is 0 Å². The molecular formula is C22H24N2O2. The zero-order valence-electron chi connectivity index (χ0n) is 15.5. The van der Waals surface area contributed by atoms with Crippen LogP contribution in [0.15, 0.2) is 36.4 Å². The largest absolute Gasteiger partial charge is 0.497 e. The average Bonchev–Trinajstić information content (AvgIpc) is 3.01. The van der Waals surface area contributed by atoms with E-state index in [9.17, 15) is 4.79 Å². The zero-order valence-corrected chi connectivity index (χ0v) is 15.5. The SMILES string of the molecule is COc1ccc2[nH]c3c(c2c1)CC(C(=O)Nc1cc(C)ccc1C)CC3. The lowest BCUT2D eigenvalue weighted by atomic mass is 9.85. The molecule has 1 aliphatic carbocycles. The molecule has 4 rings (SSSR count). The summed E-state index contributed by atoms with van der Waals surface area (Å²) in [7, 11) is 1.68. The van der Waals surface area contributed by atoms with Crippen LogP contribution in [-0.4, -0.2) is 18.0 Å². The summed E-state index contributed by atoms with van der Waals surface area (Å²) in [6.45, 7) is 4.07. The minimum atomic E-state index is -0.00684. The summed E-state index contributed by atoms with van der Waals surface area (Å²) in [5.41, 5.74) is 6.79. The van der Waals surface area contributed by atoms with E-state index in [1.807, 2.05) is 26.0 Å². The predicted octanol–water partition coefficient (Wildman–Crippen LogP) is 4.54. The Morgan fingerprint density at radius 2 is 2.04 bits per heavy atom. The molecule has 134 valence electrons. The van der Waals surface area contributed by atoms with Crippen LogP contribution in [0.5, 0.6) is 5.75 Å². The summed E-state index contributed by atoms with van der Waals surface area (Å²) < 4.78 is 5.37. The molecule has 2 N–H and O–H groups in total. The smallest absolute Gasteiger partial charge is 0.227 e. The van der Waals surface area contributed by atoms with Crippen LogP contribution in [0.25, 0.3) is 10.9 Å². The van der Waals surface area contributed by atoms with Gasteiger partial charge in [0.05, 0.1) is 7.11 Å². The summed E-state index contributed by atoms with van der Waals surface area (Å²) in [5.74, 6) is 0.954. The van der Waals surface area contributed by atoms with Crippen molar-refractivity contribution in [3.8, 4) is 5.75 Å². The maximum atomic E-state index is 12.9. The van der Waals surface area contributed by atoms with Crippen molar-refractivity contribution < 1.29 is 9.53 Å². The Kier molecular flexibility index (Phi) is 4.19. The van der Waals surface area contributed by atoms with Gasteiger partial charge in [-0.25, -0.2) is 0 Å². The van der Waals surface area contributed by atoms with Crippen molar-refractivity contribution in [2.45, 2.75) is 33.1 Å². The van der Waals surface area contributed by atoms with E-state index in [1.54, 1.807) is 7.11 Å². The number of aryl methyl sites for hydroxylation is 3. The summed E-state index contributed by atoms with van der Waals surface area (Å²) in [6.07, 6.45) is 2.53. The molecule has 0 bridgehead atoms. The molecule has 0 saturated carbocycles. The van der Waals surface area contributed by atoms with Crippen LogP contribution in [0.2, 0.25) is 0 Å². The Labute approximate surface area is 153 Å². The number of nitrogens with one attached hydrogen (secondary N) is 2. The number of methoxy groups -OCH3 is 1. The molecule has 1 aliphatic rings. The fraction of sp³-hybridized carbons (Fsp3) is 0.318. The Morgan fingerprint density at radius 1 is 1.19 bits per heavy atom. The summed E-state index contributed by atoms with van der Waals surface area (Å²) >= 11 is 0. The van der Waals surface area contributed by atoms with E-state index < -0.39 is 0 Å². The maximum absolute atomic E-state index is 12.9. The first-order valence-corrected chi connectivity index (χ1v) is 9.10. The molecule has 1 atom stereocenters. The minimum Gasteiger partial charge on any atom is -0.497 e. The Bertz CT molecular complexity index is 987. The molecule has 1 heterocycles. The summed E-state index contributed by atoms with van der Waals surface area (Å²) in [6, 6.07) is 12.2. The van der Waals surface area contributed by atoms with Gasteiger partial charge in [-0.15, -0.1) is 0 Å². The van der Waals surface area contributed by atoms with Gasteiger partial charge in [-0.1, -0.05) is 12.1 Å². The number of carbonyl (C=O) groups excluding carboxylic acids is 1. The highest BCUT2D eigenvalue weighted by Gasteiger charge is 2.27. The lowest BCUT2D eigenvalue weighted by molar-refractivity contribution is -0.120. The molecule has 1 aromatic heterocycles. The third kappa shape index (κ3) is 2.96. The topological polar surface area (TPSA) is 54.1 Å². The van der Waals surface area contributed by atoms with Crippen LogP contribution in [0.4, 0.5) is 5.69 Å². The Balaban J connectivity index is 1.59. The molecule has 0 radical (unpaired) electrons. The van der Waals surface area contributed by atoms with Gasteiger partial charge in [-0.3, -0.25) is 4.79 Å². The first kappa shape index (κ1) is 16.7. The van der Waals surface area contributed by atoms with E-state index in [0.29, 0.717) is 0 Å².